The number of hydrogen-bond donors (Lipinski definition) is 1. The Labute approximate surface area is 160 Å². The van der Waals surface area contributed by atoms with E-state index in [0.717, 1.165) is 15.7 Å². The molecule has 0 bridgehead atoms. The van der Waals surface area contributed by atoms with Crippen molar-refractivity contribution in [3.63, 3.8) is 0 Å². The minimum absolute atomic E-state index is 0.0303. The van der Waals surface area contributed by atoms with E-state index in [1.54, 1.807) is 23.1 Å². The zero-order chi connectivity index (χ0) is 18.1. The van der Waals surface area contributed by atoms with Crippen LogP contribution in [-0.2, 0) is 9.59 Å². The Morgan fingerprint density at radius 1 is 1.20 bits per heavy atom. The zero-order valence-corrected chi connectivity index (χ0v) is 16.3. The van der Waals surface area contributed by atoms with Crippen molar-refractivity contribution in [1.29, 1.82) is 0 Å². The van der Waals surface area contributed by atoms with Crippen molar-refractivity contribution in [2.75, 3.05) is 16.8 Å². The number of carbonyl (C=O) groups is 2. The quantitative estimate of drug-likeness (QED) is 0.780. The Morgan fingerprint density at radius 2 is 1.96 bits per heavy atom. The van der Waals surface area contributed by atoms with Gasteiger partial charge in [-0.3, -0.25) is 9.59 Å². The molecule has 0 unspecified atom stereocenters. The highest BCUT2D eigenvalue weighted by atomic mass is 79.9. The predicted molar refractivity (Wildman–Crippen MR) is 104 cm³/mol. The van der Waals surface area contributed by atoms with E-state index in [2.05, 4.69) is 21.2 Å². The Kier molecular flexibility index (Phi) is 5.16. The Balaban J connectivity index is 1.71. The lowest BCUT2D eigenvalue weighted by Crippen LogP contribution is -2.28. The maximum atomic E-state index is 12.5. The van der Waals surface area contributed by atoms with Crippen LogP contribution in [0.2, 0.25) is 5.02 Å². The maximum absolute atomic E-state index is 12.5. The molecule has 1 heterocycles. The molecule has 1 atom stereocenters. The van der Waals surface area contributed by atoms with Gasteiger partial charge in [0, 0.05) is 28.8 Å². The van der Waals surface area contributed by atoms with Crippen LogP contribution < -0.4 is 10.2 Å². The second kappa shape index (κ2) is 7.18. The molecule has 25 heavy (non-hydrogen) atoms. The fourth-order valence-corrected chi connectivity index (χ4v) is 3.27. The van der Waals surface area contributed by atoms with Crippen molar-refractivity contribution in [3.8, 4) is 0 Å². The molecular formula is C19H18BrClN2O2. The molecule has 6 heteroatoms. The molecule has 130 valence electrons. The number of halogens is 2. The highest BCUT2D eigenvalue weighted by Gasteiger charge is 2.35. The monoisotopic (exact) mass is 420 g/mol. The number of rotatable bonds is 3. The van der Waals surface area contributed by atoms with Crippen LogP contribution in [0.25, 0.3) is 0 Å². The van der Waals surface area contributed by atoms with E-state index < -0.39 is 0 Å². The summed E-state index contributed by atoms with van der Waals surface area (Å²) in [6.45, 7) is 4.43. The van der Waals surface area contributed by atoms with Crippen LogP contribution in [0.5, 0.6) is 0 Å². The van der Waals surface area contributed by atoms with Crippen LogP contribution in [0.1, 0.15) is 17.5 Å². The van der Waals surface area contributed by atoms with E-state index >= 15 is 0 Å². The van der Waals surface area contributed by atoms with Gasteiger partial charge in [0.1, 0.15) is 0 Å². The number of benzene rings is 2. The lowest BCUT2D eigenvalue weighted by molar-refractivity contribution is -0.122. The fraction of sp³-hybridized carbons (Fsp3) is 0.263. The van der Waals surface area contributed by atoms with Crippen LogP contribution in [0, 0.1) is 19.8 Å². The first-order chi connectivity index (χ1) is 11.8. The first-order valence-corrected chi connectivity index (χ1v) is 9.16. The van der Waals surface area contributed by atoms with Crippen LogP contribution in [0.15, 0.2) is 40.9 Å². The summed E-state index contributed by atoms with van der Waals surface area (Å²) >= 11 is 9.37. The molecule has 1 N–H and O–H groups in total. The van der Waals surface area contributed by atoms with Crippen LogP contribution in [-0.4, -0.2) is 18.4 Å². The number of hydrogen-bond acceptors (Lipinski definition) is 2. The van der Waals surface area contributed by atoms with E-state index in [0.29, 0.717) is 17.3 Å². The van der Waals surface area contributed by atoms with Crippen molar-refractivity contribution < 1.29 is 9.59 Å². The van der Waals surface area contributed by atoms with Gasteiger partial charge in [-0.25, -0.2) is 0 Å². The van der Waals surface area contributed by atoms with E-state index in [1.165, 1.54) is 5.56 Å². The Morgan fingerprint density at radius 3 is 2.64 bits per heavy atom. The lowest BCUT2D eigenvalue weighted by Gasteiger charge is -2.18. The largest absolute Gasteiger partial charge is 0.326 e. The average Bonchev–Trinajstić information content (AvgIpc) is 2.95. The third-order valence-electron chi connectivity index (χ3n) is 4.49. The van der Waals surface area contributed by atoms with E-state index in [-0.39, 0.29) is 24.2 Å². The molecule has 2 aromatic carbocycles. The summed E-state index contributed by atoms with van der Waals surface area (Å²) < 4.78 is 0.768. The van der Waals surface area contributed by atoms with Gasteiger partial charge in [0.15, 0.2) is 0 Å². The summed E-state index contributed by atoms with van der Waals surface area (Å²) in [7, 11) is 0. The van der Waals surface area contributed by atoms with Gasteiger partial charge in [0.05, 0.1) is 10.9 Å². The predicted octanol–water partition coefficient (Wildman–Crippen LogP) is 4.71. The van der Waals surface area contributed by atoms with Gasteiger partial charge in [-0.2, -0.15) is 0 Å². The van der Waals surface area contributed by atoms with E-state index in [4.69, 9.17) is 11.6 Å². The molecule has 3 rings (SSSR count). The highest BCUT2D eigenvalue weighted by molar-refractivity contribution is 9.10. The summed E-state index contributed by atoms with van der Waals surface area (Å²) in [5.41, 5.74) is 3.77. The van der Waals surface area contributed by atoms with Crippen LogP contribution in [0.3, 0.4) is 0 Å². The van der Waals surface area contributed by atoms with E-state index in [9.17, 15) is 9.59 Å². The Bertz CT molecular complexity index is 853. The third kappa shape index (κ3) is 3.88. The number of amides is 2. The zero-order valence-electron chi connectivity index (χ0n) is 14.0. The highest BCUT2D eigenvalue weighted by Crippen LogP contribution is 2.29. The summed E-state index contributed by atoms with van der Waals surface area (Å²) in [5.74, 6) is -0.577. The minimum Gasteiger partial charge on any atom is -0.326 e. The topological polar surface area (TPSA) is 49.4 Å². The summed E-state index contributed by atoms with van der Waals surface area (Å²) in [6.07, 6.45) is 0.211. The number of anilines is 2. The average molecular weight is 422 g/mol. The van der Waals surface area contributed by atoms with Crippen LogP contribution in [0.4, 0.5) is 11.4 Å². The number of nitrogens with zero attached hydrogens (tertiary/aromatic N) is 1. The van der Waals surface area contributed by atoms with Gasteiger partial charge < -0.3 is 10.2 Å². The summed E-state index contributed by atoms with van der Waals surface area (Å²) in [5, 5.41) is 3.37. The molecule has 0 aliphatic carbocycles. The molecule has 0 saturated carbocycles. The van der Waals surface area contributed by atoms with Crippen molar-refractivity contribution in [1.82, 2.24) is 0 Å². The van der Waals surface area contributed by atoms with Gasteiger partial charge in [-0.05, 0) is 71.2 Å². The third-order valence-corrected chi connectivity index (χ3v) is 5.72. The summed E-state index contributed by atoms with van der Waals surface area (Å²) in [6, 6.07) is 11.1. The molecule has 0 spiro atoms. The fourth-order valence-electron chi connectivity index (χ4n) is 2.84. The first kappa shape index (κ1) is 18.0. The number of aryl methyl sites for hydroxylation is 2. The van der Waals surface area contributed by atoms with Crippen molar-refractivity contribution in [2.45, 2.75) is 20.3 Å². The normalized spacial score (nSPS) is 17.0. The van der Waals surface area contributed by atoms with Gasteiger partial charge in [0.2, 0.25) is 11.8 Å². The molecular weight excluding hydrogens is 404 g/mol. The standard InChI is InChI=1S/C19H18BrClN2O2/c1-11-3-5-15(7-12(11)2)23-10-13(8-18(23)24)19(25)22-14-4-6-16(20)17(21)9-14/h3-7,9,13H,8,10H2,1-2H3,(H,22,25)/t13-/m0/s1. The van der Waals surface area contributed by atoms with Gasteiger partial charge in [-0.1, -0.05) is 17.7 Å². The molecule has 1 aliphatic heterocycles. The second-order valence-electron chi connectivity index (χ2n) is 6.29. The molecule has 4 nitrogen and oxygen atoms in total. The first-order valence-electron chi connectivity index (χ1n) is 7.98. The molecule has 1 aliphatic rings. The molecule has 1 fully saturated rings. The number of carbonyl (C=O) groups excluding carboxylic acids is 2. The van der Waals surface area contributed by atoms with Gasteiger partial charge in [-0.15, -0.1) is 0 Å². The van der Waals surface area contributed by atoms with Gasteiger partial charge >= 0.3 is 0 Å². The molecule has 2 aromatic rings. The smallest absolute Gasteiger partial charge is 0.229 e. The molecule has 1 saturated heterocycles. The SMILES string of the molecule is Cc1ccc(N2C[C@@H](C(=O)Nc3ccc(Br)c(Cl)c3)CC2=O)cc1C. The van der Waals surface area contributed by atoms with Crippen molar-refractivity contribution >= 4 is 50.7 Å². The molecule has 0 aromatic heterocycles. The minimum atomic E-state index is -0.378. The van der Waals surface area contributed by atoms with Crippen molar-refractivity contribution in [2.24, 2.45) is 5.92 Å². The number of nitrogens with one attached hydrogen (secondary N) is 1. The second-order valence-corrected chi connectivity index (χ2v) is 7.55. The Hall–Kier alpha value is -1.85. The van der Waals surface area contributed by atoms with Crippen LogP contribution >= 0.6 is 27.5 Å². The summed E-state index contributed by atoms with van der Waals surface area (Å²) in [4.78, 5) is 26.6. The lowest BCUT2D eigenvalue weighted by atomic mass is 10.1. The van der Waals surface area contributed by atoms with E-state index in [1.807, 2.05) is 32.0 Å². The maximum Gasteiger partial charge on any atom is 0.229 e. The molecule has 0 radical (unpaired) electrons. The molecule has 2 amide bonds. The van der Waals surface area contributed by atoms with Gasteiger partial charge in [0.25, 0.3) is 0 Å². The van der Waals surface area contributed by atoms with Crippen molar-refractivity contribution in [3.05, 3.63) is 57.0 Å².